The van der Waals surface area contributed by atoms with Crippen molar-refractivity contribution in [3.8, 4) is 0 Å². The second-order valence-electron chi connectivity index (χ2n) is 5.05. The van der Waals surface area contributed by atoms with Crippen LogP contribution in [0.25, 0.3) is 10.1 Å². The number of nitrogens with one attached hydrogen (secondary N) is 1. The summed E-state index contributed by atoms with van der Waals surface area (Å²) in [6, 6.07) is 11.3. The Balaban J connectivity index is 2.13. The molecule has 3 heteroatoms. The molecule has 1 N–H and O–H groups in total. The van der Waals surface area contributed by atoms with Crippen molar-refractivity contribution in [3.05, 3.63) is 56.6 Å². The number of benzene rings is 1. The Labute approximate surface area is 128 Å². The molecule has 0 aliphatic rings. The van der Waals surface area contributed by atoms with E-state index in [0.29, 0.717) is 6.04 Å². The maximum Gasteiger partial charge on any atom is 0.0602 e. The van der Waals surface area contributed by atoms with Gasteiger partial charge in [-0.1, -0.05) is 25.1 Å². The van der Waals surface area contributed by atoms with E-state index in [4.69, 9.17) is 0 Å². The second-order valence-corrected chi connectivity index (χ2v) is 7.42. The Bertz CT molecular complexity index is 724. The third-order valence-electron chi connectivity index (χ3n) is 3.62. The van der Waals surface area contributed by atoms with E-state index in [9.17, 15) is 0 Å². The van der Waals surface area contributed by atoms with Crippen LogP contribution in [0.3, 0.4) is 0 Å². The highest BCUT2D eigenvalue weighted by atomic mass is 32.1. The standard InChI is InChI=1S/C17H19NS2/c1-4-18-17(14-9-11(2)20-12(14)3)15-10-19-16-8-6-5-7-13(15)16/h5-10,17-18H,4H2,1-3H3. The van der Waals surface area contributed by atoms with Gasteiger partial charge in [0.2, 0.25) is 0 Å². The van der Waals surface area contributed by atoms with Crippen LogP contribution >= 0.6 is 22.7 Å². The Kier molecular flexibility index (Phi) is 3.92. The topological polar surface area (TPSA) is 12.0 Å². The highest BCUT2D eigenvalue weighted by molar-refractivity contribution is 7.17. The summed E-state index contributed by atoms with van der Waals surface area (Å²) in [5.74, 6) is 0. The lowest BCUT2D eigenvalue weighted by Crippen LogP contribution is -2.21. The van der Waals surface area contributed by atoms with Gasteiger partial charge >= 0.3 is 0 Å². The summed E-state index contributed by atoms with van der Waals surface area (Å²) in [6.45, 7) is 7.57. The first-order valence-electron chi connectivity index (χ1n) is 6.97. The van der Waals surface area contributed by atoms with E-state index >= 15 is 0 Å². The van der Waals surface area contributed by atoms with Gasteiger partial charge < -0.3 is 5.32 Å². The maximum atomic E-state index is 3.66. The predicted molar refractivity (Wildman–Crippen MR) is 91.1 cm³/mol. The molecule has 20 heavy (non-hydrogen) atoms. The van der Waals surface area contributed by atoms with Gasteiger partial charge in [0.25, 0.3) is 0 Å². The zero-order chi connectivity index (χ0) is 14.1. The van der Waals surface area contributed by atoms with E-state index in [1.165, 1.54) is 31.0 Å². The Hall–Kier alpha value is -1.16. The van der Waals surface area contributed by atoms with Crippen LogP contribution in [0.1, 0.15) is 33.8 Å². The fourth-order valence-corrected chi connectivity index (χ4v) is 4.70. The SMILES string of the molecule is CCNC(c1cc(C)sc1C)c1csc2ccccc12. The van der Waals surface area contributed by atoms with Crippen LogP contribution in [0, 0.1) is 13.8 Å². The molecule has 1 unspecified atom stereocenters. The minimum atomic E-state index is 0.307. The van der Waals surface area contributed by atoms with Crippen molar-refractivity contribution in [2.75, 3.05) is 6.54 Å². The number of fused-ring (bicyclic) bond motifs is 1. The molecule has 1 atom stereocenters. The summed E-state index contributed by atoms with van der Waals surface area (Å²) in [5, 5.41) is 7.35. The van der Waals surface area contributed by atoms with Gasteiger partial charge in [-0.15, -0.1) is 22.7 Å². The molecule has 2 aromatic heterocycles. The van der Waals surface area contributed by atoms with E-state index in [1.807, 2.05) is 22.7 Å². The number of hydrogen-bond donors (Lipinski definition) is 1. The van der Waals surface area contributed by atoms with Gasteiger partial charge in [-0.2, -0.15) is 0 Å². The van der Waals surface area contributed by atoms with Crippen molar-refractivity contribution in [2.45, 2.75) is 26.8 Å². The van der Waals surface area contributed by atoms with E-state index in [-0.39, 0.29) is 0 Å². The molecule has 3 rings (SSSR count). The average molecular weight is 301 g/mol. The second kappa shape index (κ2) is 5.68. The Morgan fingerprint density at radius 2 is 1.95 bits per heavy atom. The van der Waals surface area contributed by atoms with Crippen LogP contribution in [0.4, 0.5) is 0 Å². The largest absolute Gasteiger partial charge is 0.306 e. The highest BCUT2D eigenvalue weighted by Crippen LogP contribution is 2.36. The molecule has 0 fully saturated rings. The van der Waals surface area contributed by atoms with Gasteiger partial charge in [0.05, 0.1) is 6.04 Å². The molecule has 0 bridgehead atoms. The summed E-state index contributed by atoms with van der Waals surface area (Å²) < 4.78 is 1.37. The normalized spacial score (nSPS) is 12.9. The minimum absolute atomic E-state index is 0.307. The lowest BCUT2D eigenvalue weighted by molar-refractivity contribution is 0.635. The van der Waals surface area contributed by atoms with E-state index in [0.717, 1.165) is 6.54 Å². The molecular weight excluding hydrogens is 282 g/mol. The average Bonchev–Trinajstić information content (AvgIpc) is 3.00. The quantitative estimate of drug-likeness (QED) is 0.691. The van der Waals surface area contributed by atoms with Crippen molar-refractivity contribution in [1.82, 2.24) is 5.32 Å². The number of rotatable bonds is 4. The van der Waals surface area contributed by atoms with Gasteiger partial charge in [-0.05, 0) is 54.4 Å². The number of thiophene rings is 2. The summed E-state index contributed by atoms with van der Waals surface area (Å²) in [5.41, 5.74) is 2.84. The fraction of sp³-hybridized carbons (Fsp3) is 0.294. The summed E-state index contributed by atoms with van der Waals surface area (Å²) in [4.78, 5) is 2.81. The molecule has 1 aromatic carbocycles. The van der Waals surface area contributed by atoms with Gasteiger partial charge in [-0.3, -0.25) is 0 Å². The maximum absolute atomic E-state index is 3.66. The molecule has 3 aromatic rings. The zero-order valence-electron chi connectivity index (χ0n) is 12.1. The molecule has 0 aliphatic carbocycles. The van der Waals surface area contributed by atoms with Crippen LogP contribution in [0.5, 0.6) is 0 Å². The predicted octanol–water partition coefficient (Wildman–Crippen LogP) is 5.28. The van der Waals surface area contributed by atoms with Crippen LogP contribution in [0.2, 0.25) is 0 Å². The number of hydrogen-bond acceptors (Lipinski definition) is 3. The third kappa shape index (κ3) is 2.41. The van der Waals surface area contributed by atoms with Gasteiger partial charge in [0.1, 0.15) is 0 Å². The van der Waals surface area contributed by atoms with Crippen molar-refractivity contribution in [3.63, 3.8) is 0 Å². The van der Waals surface area contributed by atoms with Crippen molar-refractivity contribution in [2.24, 2.45) is 0 Å². The Morgan fingerprint density at radius 3 is 2.65 bits per heavy atom. The monoisotopic (exact) mass is 301 g/mol. The first-order valence-corrected chi connectivity index (χ1v) is 8.66. The molecule has 2 heterocycles. The lowest BCUT2D eigenvalue weighted by Gasteiger charge is -2.18. The highest BCUT2D eigenvalue weighted by Gasteiger charge is 2.20. The zero-order valence-corrected chi connectivity index (χ0v) is 13.7. The van der Waals surface area contributed by atoms with E-state index in [1.54, 1.807) is 0 Å². The lowest BCUT2D eigenvalue weighted by atomic mass is 9.98. The molecule has 0 radical (unpaired) electrons. The fourth-order valence-electron chi connectivity index (χ4n) is 2.75. The van der Waals surface area contributed by atoms with Crippen LogP contribution in [0.15, 0.2) is 35.7 Å². The summed E-state index contributed by atoms with van der Waals surface area (Å²) in [6.07, 6.45) is 0. The first-order chi connectivity index (χ1) is 9.70. The number of aryl methyl sites for hydroxylation is 2. The molecule has 0 amide bonds. The van der Waals surface area contributed by atoms with E-state index < -0.39 is 0 Å². The molecule has 1 nitrogen and oxygen atoms in total. The first kappa shape index (κ1) is 13.8. The Morgan fingerprint density at radius 1 is 1.15 bits per heavy atom. The van der Waals surface area contributed by atoms with Gasteiger partial charge in [0.15, 0.2) is 0 Å². The molecule has 0 spiro atoms. The molecular formula is C17H19NS2. The molecule has 104 valence electrons. The van der Waals surface area contributed by atoms with Crippen molar-refractivity contribution in [1.29, 1.82) is 0 Å². The minimum Gasteiger partial charge on any atom is -0.306 e. The van der Waals surface area contributed by atoms with Crippen molar-refractivity contribution >= 4 is 32.8 Å². The van der Waals surface area contributed by atoms with Crippen molar-refractivity contribution < 1.29 is 0 Å². The van der Waals surface area contributed by atoms with Crippen LogP contribution in [-0.4, -0.2) is 6.54 Å². The summed E-state index contributed by atoms with van der Waals surface area (Å²) >= 11 is 3.73. The van der Waals surface area contributed by atoms with Gasteiger partial charge in [0, 0.05) is 14.5 Å². The summed E-state index contributed by atoms with van der Waals surface area (Å²) in [7, 11) is 0. The smallest absolute Gasteiger partial charge is 0.0602 e. The molecule has 0 aliphatic heterocycles. The van der Waals surface area contributed by atoms with Crippen LogP contribution < -0.4 is 5.32 Å². The molecule has 0 saturated carbocycles. The molecule has 0 saturated heterocycles. The van der Waals surface area contributed by atoms with E-state index in [2.05, 4.69) is 61.8 Å². The van der Waals surface area contributed by atoms with Gasteiger partial charge in [-0.25, -0.2) is 0 Å². The van der Waals surface area contributed by atoms with Crippen LogP contribution in [-0.2, 0) is 0 Å². The third-order valence-corrected chi connectivity index (χ3v) is 5.58.